The maximum Gasteiger partial charge on any atom is 0.224 e. The average molecular weight is 299 g/mol. The first-order valence-electron chi connectivity index (χ1n) is 5.60. The van der Waals surface area contributed by atoms with Gasteiger partial charge in [-0.1, -0.05) is 29.8 Å². The fraction of sp³-hybridized carbons (Fsp3) is 0.462. The second-order valence-electron chi connectivity index (χ2n) is 5.06. The lowest BCUT2D eigenvalue weighted by atomic mass is 9.89. The van der Waals surface area contributed by atoms with Crippen LogP contribution >= 0.6 is 15.9 Å². The lowest BCUT2D eigenvalue weighted by Gasteiger charge is -2.21. The van der Waals surface area contributed by atoms with Crippen molar-refractivity contribution in [2.75, 3.05) is 11.9 Å². The molecule has 3 N–H and O–H groups in total. The Labute approximate surface area is 111 Å². The van der Waals surface area contributed by atoms with Crippen LogP contribution in [-0.2, 0) is 4.79 Å². The Morgan fingerprint density at radius 3 is 2.65 bits per heavy atom. The standard InChI is InChI=1S/C13H19BrN2O/c1-9-6-10(4-5-11(9)14)16-12(17)7-13(2,3)8-15/h4-6H,7-8,15H2,1-3H3,(H,16,17). The SMILES string of the molecule is Cc1cc(NC(=O)CC(C)(C)CN)ccc1Br. The molecule has 0 saturated carbocycles. The molecule has 94 valence electrons. The molecule has 1 aromatic rings. The van der Waals surface area contributed by atoms with Gasteiger partial charge in [-0.2, -0.15) is 0 Å². The maximum absolute atomic E-state index is 11.8. The second kappa shape index (κ2) is 5.65. The van der Waals surface area contributed by atoms with Crippen molar-refractivity contribution in [1.82, 2.24) is 0 Å². The minimum Gasteiger partial charge on any atom is -0.330 e. The van der Waals surface area contributed by atoms with E-state index in [1.165, 1.54) is 0 Å². The minimum absolute atomic E-state index is 0.00201. The van der Waals surface area contributed by atoms with Crippen molar-refractivity contribution in [2.45, 2.75) is 27.2 Å². The molecule has 0 bridgehead atoms. The number of aryl methyl sites for hydroxylation is 1. The topological polar surface area (TPSA) is 55.1 Å². The first kappa shape index (κ1) is 14.2. The Morgan fingerprint density at radius 1 is 1.47 bits per heavy atom. The molecule has 1 amide bonds. The van der Waals surface area contributed by atoms with Gasteiger partial charge in [-0.3, -0.25) is 4.79 Å². The molecule has 0 unspecified atom stereocenters. The molecule has 1 aromatic carbocycles. The molecule has 17 heavy (non-hydrogen) atoms. The van der Waals surface area contributed by atoms with E-state index in [-0.39, 0.29) is 11.3 Å². The van der Waals surface area contributed by atoms with Crippen LogP contribution in [0.5, 0.6) is 0 Å². The van der Waals surface area contributed by atoms with Crippen molar-refractivity contribution in [3.8, 4) is 0 Å². The predicted octanol–water partition coefficient (Wildman–Crippen LogP) is 3.07. The van der Waals surface area contributed by atoms with E-state index in [0.29, 0.717) is 13.0 Å². The van der Waals surface area contributed by atoms with Crippen molar-refractivity contribution >= 4 is 27.5 Å². The molecule has 1 rings (SSSR count). The first-order chi connectivity index (χ1) is 7.84. The zero-order valence-electron chi connectivity index (χ0n) is 10.5. The molecule has 0 radical (unpaired) electrons. The molecule has 0 aliphatic heterocycles. The number of anilines is 1. The highest BCUT2D eigenvalue weighted by molar-refractivity contribution is 9.10. The largest absolute Gasteiger partial charge is 0.330 e. The quantitative estimate of drug-likeness (QED) is 0.897. The summed E-state index contributed by atoms with van der Waals surface area (Å²) in [6, 6.07) is 5.75. The summed E-state index contributed by atoms with van der Waals surface area (Å²) in [6.45, 7) is 6.46. The van der Waals surface area contributed by atoms with Gasteiger partial charge in [-0.05, 0) is 42.6 Å². The van der Waals surface area contributed by atoms with Gasteiger partial charge < -0.3 is 11.1 Å². The van der Waals surface area contributed by atoms with Crippen molar-refractivity contribution in [3.63, 3.8) is 0 Å². The summed E-state index contributed by atoms with van der Waals surface area (Å²) in [6.07, 6.45) is 0.429. The Hall–Kier alpha value is -0.870. The molecule has 0 heterocycles. The molecule has 0 fully saturated rings. The van der Waals surface area contributed by atoms with Crippen molar-refractivity contribution in [3.05, 3.63) is 28.2 Å². The second-order valence-corrected chi connectivity index (χ2v) is 5.91. The molecule has 0 saturated heterocycles. The molecule has 0 aliphatic carbocycles. The van der Waals surface area contributed by atoms with E-state index in [2.05, 4.69) is 21.2 Å². The Morgan fingerprint density at radius 2 is 2.12 bits per heavy atom. The van der Waals surface area contributed by atoms with Gasteiger partial charge in [0.05, 0.1) is 0 Å². The van der Waals surface area contributed by atoms with E-state index < -0.39 is 0 Å². The van der Waals surface area contributed by atoms with E-state index in [1.807, 2.05) is 39.0 Å². The highest BCUT2D eigenvalue weighted by Gasteiger charge is 2.20. The maximum atomic E-state index is 11.8. The zero-order chi connectivity index (χ0) is 13.1. The number of carbonyl (C=O) groups excluding carboxylic acids is 1. The smallest absolute Gasteiger partial charge is 0.224 e. The summed E-state index contributed by atoms with van der Waals surface area (Å²) in [7, 11) is 0. The molecule has 4 heteroatoms. The number of carbonyl (C=O) groups is 1. The van der Waals surface area contributed by atoms with Gasteiger partial charge in [-0.25, -0.2) is 0 Å². The van der Waals surface area contributed by atoms with Crippen LogP contribution in [0, 0.1) is 12.3 Å². The minimum atomic E-state index is -0.158. The highest BCUT2D eigenvalue weighted by atomic mass is 79.9. The van der Waals surface area contributed by atoms with E-state index in [0.717, 1.165) is 15.7 Å². The summed E-state index contributed by atoms with van der Waals surface area (Å²) in [4.78, 5) is 11.8. The molecule has 0 aliphatic rings. The number of hydrogen-bond donors (Lipinski definition) is 2. The zero-order valence-corrected chi connectivity index (χ0v) is 12.1. The Balaban J connectivity index is 2.65. The Kier molecular flexibility index (Phi) is 4.71. The lowest BCUT2D eigenvalue weighted by Crippen LogP contribution is -2.29. The van der Waals surface area contributed by atoms with Crippen LogP contribution in [0.4, 0.5) is 5.69 Å². The summed E-state index contributed by atoms with van der Waals surface area (Å²) in [5.41, 5.74) is 7.37. The van der Waals surface area contributed by atoms with Gasteiger partial charge in [-0.15, -0.1) is 0 Å². The summed E-state index contributed by atoms with van der Waals surface area (Å²) < 4.78 is 1.04. The van der Waals surface area contributed by atoms with Gasteiger partial charge in [0.25, 0.3) is 0 Å². The number of rotatable bonds is 4. The van der Waals surface area contributed by atoms with Crippen molar-refractivity contribution < 1.29 is 4.79 Å². The third-order valence-electron chi connectivity index (χ3n) is 2.63. The van der Waals surface area contributed by atoms with Gasteiger partial charge in [0, 0.05) is 16.6 Å². The van der Waals surface area contributed by atoms with Gasteiger partial charge in [0.1, 0.15) is 0 Å². The number of halogens is 1. The number of nitrogens with two attached hydrogens (primary N) is 1. The molecular formula is C13H19BrN2O. The van der Waals surface area contributed by atoms with Crippen LogP contribution in [0.3, 0.4) is 0 Å². The van der Waals surface area contributed by atoms with E-state index in [1.54, 1.807) is 0 Å². The monoisotopic (exact) mass is 298 g/mol. The molecule has 0 spiro atoms. The van der Waals surface area contributed by atoms with Crippen LogP contribution in [-0.4, -0.2) is 12.5 Å². The summed E-state index contributed by atoms with van der Waals surface area (Å²) >= 11 is 3.43. The predicted molar refractivity (Wildman–Crippen MR) is 75.0 cm³/mol. The normalized spacial score (nSPS) is 11.4. The van der Waals surface area contributed by atoms with Gasteiger partial charge >= 0.3 is 0 Å². The van der Waals surface area contributed by atoms with Crippen molar-refractivity contribution in [1.29, 1.82) is 0 Å². The van der Waals surface area contributed by atoms with Gasteiger partial charge in [0.15, 0.2) is 0 Å². The fourth-order valence-corrected chi connectivity index (χ4v) is 1.68. The first-order valence-corrected chi connectivity index (χ1v) is 6.39. The number of nitrogens with one attached hydrogen (secondary N) is 1. The number of hydrogen-bond acceptors (Lipinski definition) is 2. The third-order valence-corrected chi connectivity index (χ3v) is 3.52. The molecular weight excluding hydrogens is 280 g/mol. The lowest BCUT2D eigenvalue weighted by molar-refractivity contribution is -0.117. The van der Waals surface area contributed by atoms with Crippen LogP contribution in [0.1, 0.15) is 25.8 Å². The van der Waals surface area contributed by atoms with E-state index in [9.17, 15) is 4.79 Å². The van der Waals surface area contributed by atoms with Crippen molar-refractivity contribution in [2.24, 2.45) is 11.1 Å². The Bertz CT molecular complexity index is 416. The van der Waals surface area contributed by atoms with E-state index >= 15 is 0 Å². The van der Waals surface area contributed by atoms with Crippen LogP contribution in [0.25, 0.3) is 0 Å². The third kappa shape index (κ3) is 4.48. The van der Waals surface area contributed by atoms with Crippen LogP contribution in [0.2, 0.25) is 0 Å². The summed E-state index contributed by atoms with van der Waals surface area (Å²) in [5.74, 6) is 0.00201. The molecule has 0 aromatic heterocycles. The molecule has 0 atom stereocenters. The van der Waals surface area contributed by atoms with Crippen LogP contribution in [0.15, 0.2) is 22.7 Å². The number of amides is 1. The fourth-order valence-electron chi connectivity index (χ4n) is 1.43. The molecule has 3 nitrogen and oxygen atoms in total. The van der Waals surface area contributed by atoms with Crippen LogP contribution < -0.4 is 11.1 Å². The number of benzene rings is 1. The van der Waals surface area contributed by atoms with Gasteiger partial charge in [0.2, 0.25) is 5.91 Å². The summed E-state index contributed by atoms with van der Waals surface area (Å²) in [5, 5.41) is 2.89. The average Bonchev–Trinajstić information content (AvgIpc) is 2.23. The van der Waals surface area contributed by atoms with E-state index in [4.69, 9.17) is 5.73 Å². The highest BCUT2D eigenvalue weighted by Crippen LogP contribution is 2.22.